The summed E-state index contributed by atoms with van der Waals surface area (Å²) in [7, 11) is -1.65. The van der Waals surface area contributed by atoms with Gasteiger partial charge in [-0.3, -0.25) is 9.05 Å². The summed E-state index contributed by atoms with van der Waals surface area (Å²) in [6, 6.07) is 0. The van der Waals surface area contributed by atoms with Gasteiger partial charge in [0.15, 0.2) is 0 Å². The van der Waals surface area contributed by atoms with Gasteiger partial charge >= 0.3 is 7.82 Å². The minimum atomic E-state index is -3.92. The zero-order valence-corrected chi connectivity index (χ0v) is 22.8. The van der Waals surface area contributed by atoms with Crippen LogP contribution in [0.3, 0.4) is 0 Å². The second-order valence-electron chi connectivity index (χ2n) is 10.8. The molecule has 0 aliphatic carbocycles. The van der Waals surface area contributed by atoms with Crippen molar-refractivity contribution in [3.8, 4) is 0 Å². The van der Waals surface area contributed by atoms with Gasteiger partial charge in [0.2, 0.25) is 0 Å². The number of piperidine rings is 1. The van der Waals surface area contributed by atoms with Gasteiger partial charge in [0.25, 0.3) is 0 Å². The number of unbranched alkanes of at least 4 members (excludes halogenated alkanes) is 13. The summed E-state index contributed by atoms with van der Waals surface area (Å²) >= 11 is 0. The van der Waals surface area contributed by atoms with Crippen LogP contribution < -0.4 is 0 Å². The fourth-order valence-electron chi connectivity index (χ4n) is 5.03. The van der Waals surface area contributed by atoms with E-state index in [1.165, 1.54) is 77.0 Å². The Morgan fingerprint density at radius 3 is 1.72 bits per heavy atom. The molecule has 6 heteroatoms. The Labute approximate surface area is 199 Å². The minimum Gasteiger partial charge on any atom is -0.326 e. The lowest BCUT2D eigenvalue weighted by Crippen LogP contribution is -2.52. The molecule has 1 aliphatic rings. The van der Waals surface area contributed by atoms with Crippen molar-refractivity contribution in [2.45, 2.75) is 130 Å². The summed E-state index contributed by atoms with van der Waals surface area (Å²) in [5.41, 5.74) is 0. The minimum absolute atomic E-state index is 0.152. The molecule has 0 spiro atoms. The van der Waals surface area contributed by atoms with E-state index in [4.69, 9.17) is 9.05 Å². The number of hydrogen-bond acceptors (Lipinski definition) is 3. The van der Waals surface area contributed by atoms with Gasteiger partial charge in [0.1, 0.15) is 0 Å². The average Bonchev–Trinajstić information content (AvgIpc) is 2.72. The molecular formula is C26H55NO4P+. The number of phosphoric ester groups is 1. The molecule has 192 valence electrons. The molecular weight excluding hydrogens is 421 g/mol. The van der Waals surface area contributed by atoms with Crippen LogP contribution in [-0.4, -0.2) is 48.8 Å². The highest BCUT2D eigenvalue weighted by atomic mass is 31.2. The molecule has 0 aromatic heterocycles. The summed E-state index contributed by atoms with van der Waals surface area (Å²) < 4.78 is 24.0. The fourth-order valence-corrected chi connectivity index (χ4v) is 6.04. The second-order valence-corrected chi connectivity index (χ2v) is 12.3. The normalized spacial score (nSPS) is 23.5. The first-order valence-corrected chi connectivity index (χ1v) is 15.2. The lowest BCUT2D eigenvalue weighted by Gasteiger charge is -2.41. The monoisotopic (exact) mass is 476 g/mol. The van der Waals surface area contributed by atoms with Crippen LogP contribution in [0, 0.1) is 5.92 Å². The van der Waals surface area contributed by atoms with Crippen LogP contribution in [0.5, 0.6) is 0 Å². The summed E-state index contributed by atoms with van der Waals surface area (Å²) in [5.74, 6) is 0.662. The molecule has 0 aromatic rings. The molecule has 0 amide bonds. The van der Waals surface area contributed by atoms with Crippen molar-refractivity contribution in [3.05, 3.63) is 0 Å². The standard InChI is InChI=1S/C26H54NO4P/c1-5-6-7-8-9-10-11-12-13-14-15-16-17-18-23-30-32(28,29)31-26-19-21-27(4,22-20-26)24-25(2)3/h25-26H,5-24H2,1-4H3/p+1. The Morgan fingerprint density at radius 2 is 1.28 bits per heavy atom. The highest BCUT2D eigenvalue weighted by Gasteiger charge is 2.35. The maximum absolute atomic E-state index is 12.3. The third-order valence-electron chi connectivity index (χ3n) is 6.82. The van der Waals surface area contributed by atoms with E-state index < -0.39 is 7.82 Å². The van der Waals surface area contributed by atoms with Crippen molar-refractivity contribution in [3.63, 3.8) is 0 Å². The first-order valence-electron chi connectivity index (χ1n) is 13.8. The molecule has 0 saturated carbocycles. The van der Waals surface area contributed by atoms with Crippen LogP contribution in [0.15, 0.2) is 0 Å². The predicted octanol–water partition coefficient (Wildman–Crippen LogP) is 7.87. The zero-order valence-electron chi connectivity index (χ0n) is 21.9. The van der Waals surface area contributed by atoms with E-state index in [1.807, 2.05) is 0 Å². The molecule has 1 fully saturated rings. The number of likely N-dealkylation sites (tertiary alicyclic amines) is 1. The van der Waals surface area contributed by atoms with Crippen LogP contribution >= 0.6 is 7.82 Å². The van der Waals surface area contributed by atoms with Gasteiger partial charge in [-0.15, -0.1) is 0 Å². The molecule has 1 unspecified atom stereocenters. The SMILES string of the molecule is CCCCCCCCCCCCCCCCOP(=O)(O)OC1CC[N+](C)(CC(C)C)CC1. The molecule has 1 rings (SSSR count). The molecule has 1 heterocycles. The maximum Gasteiger partial charge on any atom is 0.472 e. The number of quaternary nitrogens is 1. The molecule has 0 aromatic carbocycles. The first kappa shape index (κ1) is 30.1. The highest BCUT2D eigenvalue weighted by Crippen LogP contribution is 2.46. The first-order chi connectivity index (χ1) is 15.3. The second kappa shape index (κ2) is 17.5. The number of phosphoric acid groups is 1. The number of hydrogen-bond donors (Lipinski definition) is 1. The largest absolute Gasteiger partial charge is 0.472 e. The molecule has 1 aliphatic heterocycles. The van der Waals surface area contributed by atoms with Crippen LogP contribution in [0.25, 0.3) is 0 Å². The highest BCUT2D eigenvalue weighted by molar-refractivity contribution is 7.47. The van der Waals surface area contributed by atoms with Crippen molar-refractivity contribution < 1.29 is 23.0 Å². The van der Waals surface area contributed by atoms with E-state index in [1.54, 1.807) is 0 Å². The topological polar surface area (TPSA) is 55.8 Å². The molecule has 1 saturated heterocycles. The van der Waals surface area contributed by atoms with Gasteiger partial charge in [-0.25, -0.2) is 4.57 Å². The lowest BCUT2D eigenvalue weighted by molar-refractivity contribution is -0.917. The summed E-state index contributed by atoms with van der Waals surface area (Å²) in [4.78, 5) is 10.1. The van der Waals surface area contributed by atoms with Crippen molar-refractivity contribution in [2.75, 3.05) is 33.3 Å². The van der Waals surface area contributed by atoms with Gasteiger partial charge in [0, 0.05) is 18.8 Å². The Morgan fingerprint density at radius 1 is 0.844 bits per heavy atom. The number of rotatable bonds is 20. The van der Waals surface area contributed by atoms with E-state index >= 15 is 0 Å². The van der Waals surface area contributed by atoms with E-state index in [0.29, 0.717) is 12.5 Å². The fraction of sp³-hybridized carbons (Fsp3) is 1.00. The zero-order chi connectivity index (χ0) is 23.7. The van der Waals surface area contributed by atoms with E-state index in [-0.39, 0.29) is 6.10 Å². The summed E-state index contributed by atoms with van der Waals surface area (Å²) in [6.07, 6.45) is 19.6. The average molecular weight is 477 g/mol. The van der Waals surface area contributed by atoms with Crippen LogP contribution in [-0.2, 0) is 13.6 Å². The number of nitrogens with zero attached hydrogens (tertiary/aromatic N) is 1. The molecule has 1 atom stereocenters. The van der Waals surface area contributed by atoms with Gasteiger partial charge in [-0.1, -0.05) is 104 Å². The molecule has 1 N–H and O–H groups in total. The van der Waals surface area contributed by atoms with Gasteiger partial charge in [-0.2, -0.15) is 0 Å². The molecule has 5 nitrogen and oxygen atoms in total. The van der Waals surface area contributed by atoms with Crippen LogP contribution in [0.1, 0.15) is 124 Å². The quantitative estimate of drug-likeness (QED) is 0.110. The van der Waals surface area contributed by atoms with Crippen LogP contribution in [0.4, 0.5) is 0 Å². The van der Waals surface area contributed by atoms with E-state index in [9.17, 15) is 9.46 Å². The van der Waals surface area contributed by atoms with Crippen molar-refractivity contribution >= 4 is 7.82 Å². The lowest BCUT2D eigenvalue weighted by atomic mass is 10.0. The van der Waals surface area contributed by atoms with Gasteiger partial charge in [0.05, 0.1) is 39.4 Å². The smallest absolute Gasteiger partial charge is 0.326 e. The maximum atomic E-state index is 12.3. The third-order valence-corrected chi connectivity index (χ3v) is 7.90. The Kier molecular flexibility index (Phi) is 16.5. The Hall–Kier alpha value is 0.0700. The Balaban J connectivity index is 1.94. The molecule has 0 bridgehead atoms. The predicted molar refractivity (Wildman–Crippen MR) is 136 cm³/mol. The van der Waals surface area contributed by atoms with Gasteiger partial charge in [-0.05, 0) is 6.42 Å². The van der Waals surface area contributed by atoms with Crippen LogP contribution in [0.2, 0.25) is 0 Å². The van der Waals surface area contributed by atoms with E-state index in [0.717, 1.165) is 49.8 Å². The van der Waals surface area contributed by atoms with Gasteiger partial charge < -0.3 is 9.38 Å². The van der Waals surface area contributed by atoms with Crippen molar-refractivity contribution in [1.82, 2.24) is 0 Å². The third kappa shape index (κ3) is 15.8. The molecule has 32 heavy (non-hydrogen) atoms. The summed E-state index contributed by atoms with van der Waals surface area (Å²) in [5, 5.41) is 0. The van der Waals surface area contributed by atoms with E-state index in [2.05, 4.69) is 27.8 Å². The molecule has 0 radical (unpaired) electrons. The Bertz CT molecular complexity index is 492. The summed E-state index contributed by atoms with van der Waals surface area (Å²) in [6.45, 7) is 10.2. The van der Waals surface area contributed by atoms with Crippen molar-refractivity contribution in [1.29, 1.82) is 0 Å². The van der Waals surface area contributed by atoms with Crippen molar-refractivity contribution in [2.24, 2.45) is 5.92 Å².